The number of anilines is 1. The number of aromatic nitrogens is 5. The van der Waals surface area contributed by atoms with Gasteiger partial charge in [-0.1, -0.05) is 6.07 Å². The molecule has 29 heavy (non-hydrogen) atoms. The van der Waals surface area contributed by atoms with Crippen LogP contribution in [0, 0.1) is 5.82 Å². The summed E-state index contributed by atoms with van der Waals surface area (Å²) in [6.45, 7) is 0.407. The van der Waals surface area contributed by atoms with Crippen LogP contribution in [0.4, 0.5) is 23.4 Å². The van der Waals surface area contributed by atoms with Crippen LogP contribution in [0.1, 0.15) is 28.8 Å². The third kappa shape index (κ3) is 2.91. The van der Waals surface area contributed by atoms with E-state index in [1.165, 1.54) is 35.1 Å². The first-order valence-electron chi connectivity index (χ1n) is 8.88. The van der Waals surface area contributed by atoms with Crippen molar-refractivity contribution in [1.29, 1.82) is 0 Å². The van der Waals surface area contributed by atoms with E-state index in [9.17, 15) is 17.6 Å². The molecule has 10 heteroatoms. The Hall–Kier alpha value is -3.43. The molecule has 0 aliphatic carbocycles. The maximum Gasteiger partial charge on any atom is 0.433 e. The Morgan fingerprint density at radius 1 is 1.14 bits per heavy atom. The molecule has 0 saturated carbocycles. The lowest BCUT2D eigenvalue weighted by Gasteiger charge is -2.35. The van der Waals surface area contributed by atoms with Gasteiger partial charge in [0.25, 0.3) is 0 Å². The number of pyridine rings is 2. The number of fused-ring (bicyclic) bond motifs is 2. The number of hydrogen-bond donors (Lipinski definition) is 1. The highest BCUT2D eigenvalue weighted by Crippen LogP contribution is 2.37. The minimum Gasteiger partial charge on any atom is -0.348 e. The summed E-state index contributed by atoms with van der Waals surface area (Å²) in [5.74, 6) is -0.274. The predicted octanol–water partition coefficient (Wildman–Crippen LogP) is 3.76. The molecule has 0 amide bonds. The number of aromatic amines is 1. The van der Waals surface area contributed by atoms with E-state index in [1.54, 1.807) is 17.2 Å². The normalized spacial score (nSPS) is 17.0. The van der Waals surface area contributed by atoms with E-state index in [1.807, 2.05) is 0 Å². The molecular weight excluding hydrogens is 388 g/mol. The monoisotopic (exact) mass is 402 g/mol. The summed E-state index contributed by atoms with van der Waals surface area (Å²) in [5, 5.41) is 4.45. The van der Waals surface area contributed by atoms with Crippen LogP contribution in [0.5, 0.6) is 0 Å². The first-order chi connectivity index (χ1) is 13.9. The number of rotatable bonds is 2. The van der Waals surface area contributed by atoms with Gasteiger partial charge in [-0.3, -0.25) is 0 Å². The zero-order valence-corrected chi connectivity index (χ0v) is 14.9. The van der Waals surface area contributed by atoms with Crippen LogP contribution in [0.15, 0.2) is 48.9 Å². The average molecular weight is 402 g/mol. The summed E-state index contributed by atoms with van der Waals surface area (Å²) >= 11 is 0. The fraction of sp³-hybridized carbons (Fsp3) is 0.211. The van der Waals surface area contributed by atoms with Crippen LogP contribution < -0.4 is 4.90 Å². The van der Waals surface area contributed by atoms with Crippen molar-refractivity contribution in [3.63, 3.8) is 0 Å². The number of halogens is 4. The van der Waals surface area contributed by atoms with Crippen molar-refractivity contribution < 1.29 is 17.6 Å². The van der Waals surface area contributed by atoms with Crippen LogP contribution in [0.25, 0.3) is 5.52 Å². The lowest BCUT2D eigenvalue weighted by Crippen LogP contribution is -2.37. The molecule has 1 aliphatic heterocycles. The van der Waals surface area contributed by atoms with Crippen LogP contribution in [0.3, 0.4) is 0 Å². The second-order valence-electron chi connectivity index (χ2n) is 6.75. The van der Waals surface area contributed by atoms with Crippen molar-refractivity contribution in [2.75, 3.05) is 11.4 Å². The first-order valence-corrected chi connectivity index (χ1v) is 8.88. The number of alkyl halides is 3. The number of H-pyrrole nitrogens is 1. The molecule has 0 aromatic carbocycles. The maximum absolute atomic E-state index is 14.2. The SMILES string of the molecule is Fc1cccn2nc([C@@H]3c4nc[nH]c4CCN3c3cccc(C(F)(F)F)n3)cc12. The molecule has 1 atom stereocenters. The Bertz CT molecular complexity index is 1190. The van der Waals surface area contributed by atoms with Gasteiger partial charge in [0.05, 0.1) is 17.7 Å². The van der Waals surface area contributed by atoms with Gasteiger partial charge in [-0.05, 0) is 30.3 Å². The molecule has 0 bridgehead atoms. The standard InChI is InChI=1S/C19H14F4N6/c20-11-3-2-7-29-14(11)9-13(27-29)18-17-12(24-10-25-17)6-8-28(18)16-5-1-4-15(26-16)19(21,22)23/h1-5,7,9-10,18H,6,8H2,(H,24,25)/t18-/m1/s1. The number of hydrogen-bond acceptors (Lipinski definition) is 4. The molecule has 6 nitrogen and oxygen atoms in total. The fourth-order valence-electron chi connectivity index (χ4n) is 3.70. The molecule has 4 aromatic rings. The Morgan fingerprint density at radius 3 is 2.79 bits per heavy atom. The van der Waals surface area contributed by atoms with Gasteiger partial charge in [-0.2, -0.15) is 18.3 Å². The van der Waals surface area contributed by atoms with Crippen LogP contribution >= 0.6 is 0 Å². The minimum absolute atomic E-state index is 0.163. The number of imidazole rings is 1. The van der Waals surface area contributed by atoms with Crippen molar-refractivity contribution >= 4 is 11.3 Å². The maximum atomic E-state index is 14.2. The van der Waals surface area contributed by atoms with Gasteiger partial charge in [0, 0.05) is 24.9 Å². The van der Waals surface area contributed by atoms with E-state index >= 15 is 0 Å². The zero-order valence-electron chi connectivity index (χ0n) is 14.9. The zero-order chi connectivity index (χ0) is 20.2. The Morgan fingerprint density at radius 2 is 2.00 bits per heavy atom. The van der Waals surface area contributed by atoms with Gasteiger partial charge in [0.2, 0.25) is 0 Å². The van der Waals surface area contributed by atoms with Gasteiger partial charge >= 0.3 is 6.18 Å². The molecule has 5 rings (SSSR count). The third-order valence-electron chi connectivity index (χ3n) is 4.99. The molecule has 1 N–H and O–H groups in total. The summed E-state index contributed by atoms with van der Waals surface area (Å²) in [6, 6.07) is 7.63. The van der Waals surface area contributed by atoms with Crippen molar-refractivity contribution in [2.24, 2.45) is 0 Å². The van der Waals surface area contributed by atoms with Crippen LogP contribution in [-0.2, 0) is 12.6 Å². The predicted molar refractivity (Wildman–Crippen MR) is 95.9 cm³/mol. The molecule has 148 valence electrons. The van der Waals surface area contributed by atoms with Crippen molar-refractivity contribution in [3.05, 3.63) is 77.5 Å². The summed E-state index contributed by atoms with van der Waals surface area (Å²) in [7, 11) is 0. The summed E-state index contributed by atoms with van der Waals surface area (Å²) in [5.41, 5.74) is 1.29. The van der Waals surface area contributed by atoms with Gasteiger partial charge in [-0.25, -0.2) is 18.9 Å². The number of nitrogens with zero attached hydrogens (tertiary/aromatic N) is 5. The van der Waals surface area contributed by atoms with Crippen LogP contribution in [-0.4, -0.2) is 31.1 Å². The highest BCUT2D eigenvalue weighted by Gasteiger charge is 2.36. The second kappa shape index (κ2) is 6.29. The fourth-order valence-corrected chi connectivity index (χ4v) is 3.70. The molecule has 0 radical (unpaired) electrons. The molecule has 4 aromatic heterocycles. The van der Waals surface area contributed by atoms with E-state index in [0.717, 1.165) is 11.8 Å². The van der Waals surface area contributed by atoms with Gasteiger partial charge < -0.3 is 9.88 Å². The van der Waals surface area contributed by atoms with Gasteiger partial charge in [-0.15, -0.1) is 0 Å². The quantitative estimate of drug-likeness (QED) is 0.519. The van der Waals surface area contributed by atoms with Crippen LogP contribution in [0.2, 0.25) is 0 Å². The van der Waals surface area contributed by atoms with Gasteiger partial charge in [0.15, 0.2) is 0 Å². The van der Waals surface area contributed by atoms with Crippen molar-refractivity contribution in [2.45, 2.75) is 18.6 Å². The minimum atomic E-state index is -4.55. The molecule has 0 spiro atoms. The molecule has 0 saturated heterocycles. The van der Waals surface area contributed by atoms with Crippen molar-refractivity contribution in [3.8, 4) is 0 Å². The second-order valence-corrected chi connectivity index (χ2v) is 6.75. The van der Waals surface area contributed by atoms with E-state index in [-0.39, 0.29) is 11.3 Å². The molecule has 1 aliphatic rings. The summed E-state index contributed by atoms with van der Waals surface area (Å²) in [4.78, 5) is 13.0. The Balaban J connectivity index is 1.66. The van der Waals surface area contributed by atoms with E-state index in [4.69, 9.17) is 0 Å². The van der Waals surface area contributed by atoms with E-state index < -0.39 is 23.7 Å². The Labute approximate surface area is 161 Å². The highest BCUT2D eigenvalue weighted by molar-refractivity contribution is 5.54. The van der Waals surface area contributed by atoms with Gasteiger partial charge in [0.1, 0.15) is 28.9 Å². The summed E-state index contributed by atoms with van der Waals surface area (Å²) in [6.07, 6.45) is -0.837. The topological polar surface area (TPSA) is 62.1 Å². The molecule has 5 heterocycles. The first kappa shape index (κ1) is 17.7. The van der Waals surface area contributed by atoms with Crippen molar-refractivity contribution in [1.82, 2.24) is 24.6 Å². The van der Waals surface area contributed by atoms with E-state index in [2.05, 4.69) is 20.1 Å². The average Bonchev–Trinajstić information content (AvgIpc) is 3.34. The summed E-state index contributed by atoms with van der Waals surface area (Å²) < 4.78 is 55.1. The lowest BCUT2D eigenvalue weighted by atomic mass is 9.99. The molecule has 0 fully saturated rings. The molecular formula is C19H14F4N6. The van der Waals surface area contributed by atoms with E-state index in [0.29, 0.717) is 24.4 Å². The third-order valence-corrected chi connectivity index (χ3v) is 4.99. The smallest absolute Gasteiger partial charge is 0.348 e. The highest BCUT2D eigenvalue weighted by atomic mass is 19.4. The Kier molecular flexibility index (Phi) is 3.83. The molecule has 0 unspecified atom stereocenters. The number of nitrogens with one attached hydrogen (secondary N) is 1. The lowest BCUT2D eigenvalue weighted by molar-refractivity contribution is -0.141. The largest absolute Gasteiger partial charge is 0.433 e.